The predicted molar refractivity (Wildman–Crippen MR) is 41.3 cm³/mol. The summed E-state index contributed by atoms with van der Waals surface area (Å²) in [5.41, 5.74) is 0. The van der Waals surface area contributed by atoms with E-state index in [-0.39, 0.29) is 0 Å². The Kier molecular flexibility index (Phi) is 3.04. The van der Waals surface area contributed by atoms with Crippen molar-refractivity contribution in [2.24, 2.45) is 0 Å². The molecule has 1 rings (SSSR count). The zero-order valence-electron chi connectivity index (χ0n) is 6.49. The molecule has 1 heterocycles. The van der Waals surface area contributed by atoms with Gasteiger partial charge in [-0.3, -0.25) is 4.57 Å². The smallest absolute Gasteiger partial charge is 0.324 e. The van der Waals surface area contributed by atoms with Crippen LogP contribution in [-0.4, -0.2) is 42.8 Å². The average molecular weight is 180 g/mol. The minimum atomic E-state index is -3.34. The molecule has 1 fully saturated rings. The van der Waals surface area contributed by atoms with Crippen LogP contribution in [0.15, 0.2) is 0 Å². The lowest BCUT2D eigenvalue weighted by molar-refractivity contribution is -0.0733. The Labute approximate surface area is 65.8 Å². The van der Waals surface area contributed by atoms with Gasteiger partial charge in [-0.05, 0) is 0 Å². The molecule has 66 valence electrons. The summed E-state index contributed by atoms with van der Waals surface area (Å²) in [6, 6.07) is 0. The topological polar surface area (TPSA) is 61.8 Å². The van der Waals surface area contributed by atoms with Crippen LogP contribution in [0.1, 0.15) is 0 Å². The predicted octanol–water partition coefficient (Wildman–Crippen LogP) is -0.362. The molecule has 0 aromatic rings. The van der Waals surface area contributed by atoms with Crippen molar-refractivity contribution in [3.8, 4) is 0 Å². The van der Waals surface area contributed by atoms with E-state index in [2.05, 4.69) is 5.32 Å². The summed E-state index contributed by atoms with van der Waals surface area (Å²) in [5, 5.41) is 4.63. The molecule has 0 aliphatic carbocycles. The molecule has 0 bridgehead atoms. The van der Waals surface area contributed by atoms with E-state index in [1.807, 2.05) is 0 Å². The summed E-state index contributed by atoms with van der Waals surface area (Å²) in [5.74, 6) is 0. The normalized spacial score (nSPS) is 26.4. The first-order valence-corrected chi connectivity index (χ1v) is 5.56. The van der Waals surface area contributed by atoms with E-state index in [1.54, 1.807) is 0 Å². The van der Waals surface area contributed by atoms with Gasteiger partial charge in [0.2, 0.25) is 0 Å². The number of piperazine rings is 1. The summed E-state index contributed by atoms with van der Waals surface area (Å²) in [6.07, 6.45) is 0. The third-order valence-corrected chi connectivity index (χ3v) is 1.88. The van der Waals surface area contributed by atoms with Crippen molar-refractivity contribution < 1.29 is 14.1 Å². The minimum Gasteiger partial charge on any atom is -0.324 e. The number of hydrogen-bond donors (Lipinski definition) is 2. The highest BCUT2D eigenvalue weighted by molar-refractivity contribution is 7.51. The number of nitrogens with zero attached hydrogens (tertiary/aromatic N) is 1. The Bertz CT molecular complexity index is 163. The molecule has 0 radical (unpaired) electrons. The van der Waals surface area contributed by atoms with Crippen LogP contribution in [0.25, 0.3) is 0 Å². The van der Waals surface area contributed by atoms with E-state index >= 15 is 0 Å². The Morgan fingerprint density at radius 1 is 1.55 bits per heavy atom. The highest BCUT2D eigenvalue weighted by Gasteiger charge is 2.18. The van der Waals surface area contributed by atoms with Crippen LogP contribution in [-0.2, 0) is 9.19 Å². The molecular formula is C5H13N2O3P. The fourth-order valence-corrected chi connectivity index (χ4v) is 1.53. The Morgan fingerprint density at radius 2 is 2.09 bits per heavy atom. The first-order chi connectivity index (χ1) is 5.08. The highest BCUT2D eigenvalue weighted by Crippen LogP contribution is 2.37. The zero-order valence-corrected chi connectivity index (χ0v) is 7.38. The largest absolute Gasteiger partial charge is 0.341 e. The maximum absolute atomic E-state index is 10.8. The number of rotatable bonds is 2. The third-order valence-electron chi connectivity index (χ3n) is 1.34. The summed E-state index contributed by atoms with van der Waals surface area (Å²) in [7, 11) is -3.34. The van der Waals surface area contributed by atoms with Gasteiger partial charge in [0.25, 0.3) is 0 Å². The molecule has 0 aromatic heterocycles. The average Bonchev–Trinajstić information content (AvgIpc) is 1.85. The molecule has 0 saturated carbocycles. The highest BCUT2D eigenvalue weighted by atomic mass is 31.2. The number of hydroxylamine groups is 2. The molecule has 1 aliphatic rings. The first kappa shape index (κ1) is 9.16. The van der Waals surface area contributed by atoms with Crippen molar-refractivity contribution in [2.45, 2.75) is 0 Å². The lowest BCUT2D eigenvalue weighted by Crippen LogP contribution is -2.42. The van der Waals surface area contributed by atoms with Crippen LogP contribution in [0.5, 0.6) is 0 Å². The Balaban J connectivity index is 2.30. The molecule has 5 nitrogen and oxygen atoms in total. The van der Waals surface area contributed by atoms with Crippen LogP contribution in [0.3, 0.4) is 0 Å². The van der Waals surface area contributed by atoms with Crippen molar-refractivity contribution >= 4 is 7.60 Å². The van der Waals surface area contributed by atoms with Gasteiger partial charge >= 0.3 is 7.60 Å². The molecule has 0 spiro atoms. The van der Waals surface area contributed by atoms with Crippen molar-refractivity contribution in [1.82, 2.24) is 10.4 Å². The SMILES string of the molecule is CP(=O)(O)ON1CCNCC1. The van der Waals surface area contributed by atoms with E-state index in [0.717, 1.165) is 13.1 Å². The van der Waals surface area contributed by atoms with Gasteiger partial charge in [-0.25, -0.2) is 4.62 Å². The van der Waals surface area contributed by atoms with Crippen LogP contribution < -0.4 is 5.32 Å². The second-order valence-electron chi connectivity index (χ2n) is 2.56. The lowest BCUT2D eigenvalue weighted by atomic mass is 10.4. The maximum atomic E-state index is 10.8. The summed E-state index contributed by atoms with van der Waals surface area (Å²) < 4.78 is 15.5. The summed E-state index contributed by atoms with van der Waals surface area (Å²) in [6.45, 7) is 4.13. The fraction of sp³-hybridized carbons (Fsp3) is 1.00. The van der Waals surface area contributed by atoms with Gasteiger partial charge in [0.05, 0.1) is 0 Å². The van der Waals surface area contributed by atoms with Crippen LogP contribution in [0.2, 0.25) is 0 Å². The van der Waals surface area contributed by atoms with Gasteiger partial charge < -0.3 is 10.2 Å². The molecule has 0 aromatic carbocycles. The quantitative estimate of drug-likeness (QED) is 0.568. The molecule has 1 unspecified atom stereocenters. The molecule has 1 aliphatic heterocycles. The van der Waals surface area contributed by atoms with Gasteiger partial charge in [0.1, 0.15) is 0 Å². The molecule has 2 N–H and O–H groups in total. The summed E-state index contributed by atoms with van der Waals surface area (Å²) >= 11 is 0. The van der Waals surface area contributed by atoms with E-state index in [1.165, 1.54) is 11.7 Å². The molecule has 1 atom stereocenters. The summed E-state index contributed by atoms with van der Waals surface area (Å²) in [4.78, 5) is 8.84. The van der Waals surface area contributed by atoms with Crippen molar-refractivity contribution in [2.75, 3.05) is 32.8 Å². The van der Waals surface area contributed by atoms with E-state index in [4.69, 9.17) is 9.52 Å². The van der Waals surface area contributed by atoms with Crippen molar-refractivity contribution in [3.05, 3.63) is 0 Å². The van der Waals surface area contributed by atoms with Crippen LogP contribution >= 0.6 is 7.60 Å². The second-order valence-corrected chi connectivity index (χ2v) is 4.33. The number of nitrogens with one attached hydrogen (secondary N) is 1. The Morgan fingerprint density at radius 3 is 2.55 bits per heavy atom. The minimum absolute atomic E-state index is 0.665. The first-order valence-electron chi connectivity index (χ1n) is 3.53. The standard InChI is InChI=1S/C5H13N2O3P/c1-11(8,9)10-7-4-2-6-3-5-7/h6H,2-5H2,1H3,(H,8,9). The maximum Gasteiger partial charge on any atom is 0.341 e. The van der Waals surface area contributed by atoms with Gasteiger partial charge in [0, 0.05) is 32.8 Å². The Hall–Kier alpha value is 0.0700. The van der Waals surface area contributed by atoms with E-state index in [0.29, 0.717) is 13.1 Å². The molecular weight excluding hydrogens is 167 g/mol. The zero-order chi connectivity index (χ0) is 8.32. The fourth-order valence-electron chi connectivity index (χ4n) is 0.940. The molecule has 6 heteroatoms. The monoisotopic (exact) mass is 180 g/mol. The van der Waals surface area contributed by atoms with Crippen molar-refractivity contribution in [1.29, 1.82) is 0 Å². The molecule has 0 amide bonds. The number of hydrogen-bond acceptors (Lipinski definition) is 4. The molecule has 11 heavy (non-hydrogen) atoms. The van der Waals surface area contributed by atoms with Gasteiger partial charge in [-0.1, -0.05) is 0 Å². The van der Waals surface area contributed by atoms with Crippen LogP contribution in [0.4, 0.5) is 0 Å². The molecule has 1 saturated heterocycles. The second kappa shape index (κ2) is 3.65. The van der Waals surface area contributed by atoms with Gasteiger partial charge in [-0.15, -0.1) is 0 Å². The van der Waals surface area contributed by atoms with Crippen molar-refractivity contribution in [3.63, 3.8) is 0 Å². The van der Waals surface area contributed by atoms with E-state index < -0.39 is 7.60 Å². The van der Waals surface area contributed by atoms with Crippen LogP contribution in [0, 0.1) is 0 Å². The third kappa shape index (κ3) is 3.84. The van der Waals surface area contributed by atoms with Gasteiger partial charge in [0.15, 0.2) is 0 Å². The van der Waals surface area contributed by atoms with Gasteiger partial charge in [-0.2, -0.15) is 5.06 Å². The lowest BCUT2D eigenvalue weighted by Gasteiger charge is -2.26. The van der Waals surface area contributed by atoms with E-state index in [9.17, 15) is 4.57 Å².